The highest BCUT2D eigenvalue weighted by atomic mass is 32.2. The highest BCUT2D eigenvalue weighted by Crippen LogP contribution is 2.42. The molecule has 2 aromatic heterocycles. The van der Waals surface area contributed by atoms with Crippen molar-refractivity contribution < 1.29 is 9.59 Å². The maximum absolute atomic E-state index is 12.6. The van der Waals surface area contributed by atoms with E-state index in [1.54, 1.807) is 11.4 Å². The number of nitrogens with two attached hydrogens (primary N) is 1. The number of nitrogens with zero attached hydrogens (tertiary/aromatic N) is 4. The second kappa shape index (κ2) is 8.12. The molecule has 2 aliphatic rings. The van der Waals surface area contributed by atoms with Crippen molar-refractivity contribution in [3.63, 3.8) is 0 Å². The van der Waals surface area contributed by atoms with Gasteiger partial charge in [0.25, 0.3) is 5.91 Å². The van der Waals surface area contributed by atoms with Crippen molar-refractivity contribution in [2.24, 2.45) is 5.73 Å². The monoisotopic (exact) mass is 420 g/mol. The van der Waals surface area contributed by atoms with Crippen LogP contribution in [0.3, 0.4) is 0 Å². The van der Waals surface area contributed by atoms with E-state index in [0.717, 1.165) is 37.0 Å². The first-order valence-electron chi connectivity index (χ1n) is 9.59. The van der Waals surface area contributed by atoms with Gasteiger partial charge in [-0.3, -0.25) is 14.2 Å². The number of thiophene rings is 1. The first kappa shape index (κ1) is 19.3. The van der Waals surface area contributed by atoms with E-state index in [0.29, 0.717) is 16.6 Å². The lowest BCUT2D eigenvalue weighted by Crippen LogP contribution is -2.32. The Morgan fingerprint density at radius 2 is 2.04 bits per heavy atom. The number of carbonyl (C=O) groups excluding carboxylic acids is 2. The minimum absolute atomic E-state index is 0.181. The molecule has 28 heavy (non-hydrogen) atoms. The zero-order valence-corrected chi connectivity index (χ0v) is 17.4. The molecule has 2 aromatic rings. The van der Waals surface area contributed by atoms with E-state index in [4.69, 9.17) is 5.73 Å². The van der Waals surface area contributed by atoms with Crippen LogP contribution in [0, 0.1) is 0 Å². The van der Waals surface area contributed by atoms with Gasteiger partial charge in [-0.2, -0.15) is 0 Å². The first-order chi connectivity index (χ1) is 13.5. The number of carbonyl (C=O) groups is 2. The quantitative estimate of drug-likeness (QED) is 0.667. The van der Waals surface area contributed by atoms with Crippen LogP contribution in [0.5, 0.6) is 0 Å². The van der Waals surface area contributed by atoms with Crippen LogP contribution in [0.1, 0.15) is 55.4 Å². The fraction of sp³-hybridized carbons (Fsp3) is 0.556. The number of rotatable bonds is 7. The summed E-state index contributed by atoms with van der Waals surface area (Å²) in [5.74, 6) is 0.211. The smallest absolute Gasteiger partial charge is 0.251 e. The molecule has 8 nitrogen and oxygen atoms in total. The lowest BCUT2D eigenvalue weighted by atomic mass is 10.1. The van der Waals surface area contributed by atoms with Gasteiger partial charge in [-0.15, -0.1) is 21.5 Å². The number of piperidine rings is 1. The number of amides is 2. The van der Waals surface area contributed by atoms with Crippen molar-refractivity contribution in [2.75, 3.05) is 23.3 Å². The average molecular weight is 421 g/mol. The molecule has 1 saturated heterocycles. The molecule has 0 spiro atoms. The minimum Gasteiger partial charge on any atom is -0.366 e. The molecule has 10 heteroatoms. The Balaban J connectivity index is 1.47. The van der Waals surface area contributed by atoms with Crippen molar-refractivity contribution >= 4 is 45.9 Å². The van der Waals surface area contributed by atoms with E-state index < -0.39 is 5.91 Å². The normalized spacial score (nSPS) is 18.1. The molecular formula is C18H24N6O2S2. The van der Waals surface area contributed by atoms with Crippen LogP contribution in [0.4, 0.5) is 10.9 Å². The van der Waals surface area contributed by atoms with Gasteiger partial charge >= 0.3 is 0 Å². The molecule has 1 aliphatic heterocycles. The predicted octanol–water partition coefficient (Wildman–Crippen LogP) is 2.88. The zero-order chi connectivity index (χ0) is 19.7. The van der Waals surface area contributed by atoms with Crippen LogP contribution < -0.4 is 16.0 Å². The van der Waals surface area contributed by atoms with Crippen molar-refractivity contribution in [1.82, 2.24) is 14.8 Å². The number of anilines is 2. The lowest BCUT2D eigenvalue weighted by molar-refractivity contribution is -0.115. The first-order valence-corrected chi connectivity index (χ1v) is 11.3. The van der Waals surface area contributed by atoms with Crippen LogP contribution >= 0.6 is 23.1 Å². The minimum atomic E-state index is -0.545. The maximum Gasteiger partial charge on any atom is 0.251 e. The zero-order valence-electron chi connectivity index (χ0n) is 15.8. The van der Waals surface area contributed by atoms with Crippen molar-refractivity contribution in [2.45, 2.75) is 55.5 Å². The van der Waals surface area contributed by atoms with Gasteiger partial charge < -0.3 is 16.0 Å². The van der Waals surface area contributed by atoms with Gasteiger partial charge in [-0.1, -0.05) is 11.8 Å². The summed E-state index contributed by atoms with van der Waals surface area (Å²) in [6, 6.07) is 2.05. The van der Waals surface area contributed by atoms with E-state index in [1.165, 1.54) is 42.4 Å². The Morgan fingerprint density at radius 3 is 2.71 bits per heavy atom. The summed E-state index contributed by atoms with van der Waals surface area (Å²) < 4.78 is 2.21. The van der Waals surface area contributed by atoms with E-state index >= 15 is 0 Å². The fourth-order valence-electron chi connectivity index (χ4n) is 3.34. The summed E-state index contributed by atoms with van der Waals surface area (Å²) in [6.07, 6.45) is 5.89. The molecule has 0 aromatic carbocycles. The van der Waals surface area contributed by atoms with Gasteiger partial charge in [0, 0.05) is 19.1 Å². The van der Waals surface area contributed by atoms with Crippen molar-refractivity contribution in [3.05, 3.63) is 17.0 Å². The SMILES string of the molecule is CC(Sc1nnc(N2CCCCC2)n1C1CC1)C(=O)Nc1sccc1C(N)=O. The third-order valence-electron chi connectivity index (χ3n) is 5.02. The van der Waals surface area contributed by atoms with Crippen LogP contribution in [-0.2, 0) is 4.79 Å². The Kier molecular flexibility index (Phi) is 5.58. The van der Waals surface area contributed by atoms with Crippen molar-refractivity contribution in [1.29, 1.82) is 0 Å². The Morgan fingerprint density at radius 1 is 1.29 bits per heavy atom. The molecule has 1 aliphatic carbocycles. The van der Waals surface area contributed by atoms with Gasteiger partial charge in [-0.05, 0) is 50.5 Å². The van der Waals surface area contributed by atoms with Gasteiger partial charge in [0.15, 0.2) is 5.16 Å². The van der Waals surface area contributed by atoms with Crippen LogP contribution in [-0.4, -0.2) is 44.9 Å². The fourth-order valence-corrected chi connectivity index (χ4v) is 5.05. The highest BCUT2D eigenvalue weighted by Gasteiger charge is 2.33. The number of thioether (sulfide) groups is 1. The summed E-state index contributed by atoms with van der Waals surface area (Å²) in [4.78, 5) is 26.4. The Hall–Kier alpha value is -2.07. The van der Waals surface area contributed by atoms with Crippen LogP contribution in [0.2, 0.25) is 0 Å². The molecular weight excluding hydrogens is 396 g/mol. The van der Waals surface area contributed by atoms with Gasteiger partial charge in [-0.25, -0.2) is 0 Å². The largest absolute Gasteiger partial charge is 0.366 e. The summed E-state index contributed by atoms with van der Waals surface area (Å²) in [7, 11) is 0. The standard InChI is InChI=1S/C18H24N6O2S2/c1-11(15(26)20-16-13(14(19)25)7-10-27-16)28-18-22-21-17(24(18)12-5-6-12)23-8-3-2-4-9-23/h7,10-12H,2-6,8-9H2,1H3,(H2,19,25)(H,20,26). The summed E-state index contributed by atoms with van der Waals surface area (Å²) in [6.45, 7) is 3.86. The Bertz CT molecular complexity index is 869. The van der Waals surface area contributed by atoms with Gasteiger partial charge in [0.05, 0.1) is 10.8 Å². The molecule has 1 atom stereocenters. The number of nitrogens with one attached hydrogen (secondary N) is 1. The second-order valence-corrected chi connectivity index (χ2v) is 9.43. The molecule has 0 bridgehead atoms. The molecule has 1 unspecified atom stereocenters. The molecule has 2 fully saturated rings. The maximum atomic E-state index is 12.6. The highest BCUT2D eigenvalue weighted by molar-refractivity contribution is 8.00. The van der Waals surface area contributed by atoms with E-state index in [-0.39, 0.29) is 11.2 Å². The molecule has 2 amide bonds. The lowest BCUT2D eigenvalue weighted by Gasteiger charge is -2.28. The average Bonchev–Trinajstić information content (AvgIpc) is 3.27. The summed E-state index contributed by atoms with van der Waals surface area (Å²) in [5, 5.41) is 14.3. The number of primary amides is 1. The molecule has 4 rings (SSSR count). The van der Waals surface area contributed by atoms with Crippen LogP contribution in [0.25, 0.3) is 0 Å². The predicted molar refractivity (Wildman–Crippen MR) is 111 cm³/mol. The van der Waals surface area contributed by atoms with E-state index in [9.17, 15) is 9.59 Å². The summed E-state index contributed by atoms with van der Waals surface area (Å²) in [5.41, 5.74) is 5.69. The molecule has 0 radical (unpaired) electrons. The third kappa shape index (κ3) is 4.02. The Labute approximate surface area is 171 Å². The van der Waals surface area contributed by atoms with Crippen molar-refractivity contribution in [3.8, 4) is 0 Å². The number of hydrogen-bond donors (Lipinski definition) is 2. The number of hydrogen-bond acceptors (Lipinski definition) is 7. The van der Waals surface area contributed by atoms with Crippen LogP contribution in [0.15, 0.2) is 16.6 Å². The van der Waals surface area contributed by atoms with E-state index in [2.05, 4.69) is 25.0 Å². The second-order valence-electron chi connectivity index (χ2n) is 7.21. The molecule has 150 valence electrons. The van der Waals surface area contributed by atoms with Gasteiger partial charge in [0.1, 0.15) is 5.00 Å². The van der Waals surface area contributed by atoms with E-state index in [1.807, 2.05) is 6.92 Å². The molecule has 1 saturated carbocycles. The van der Waals surface area contributed by atoms with Gasteiger partial charge in [0.2, 0.25) is 11.9 Å². The summed E-state index contributed by atoms with van der Waals surface area (Å²) >= 11 is 2.70. The molecule has 3 heterocycles. The topological polar surface area (TPSA) is 106 Å². The number of aromatic nitrogens is 3. The third-order valence-corrected chi connectivity index (χ3v) is 6.90. The molecule has 3 N–H and O–H groups in total.